The molecule has 68 valence electrons. The number of benzene rings is 1. The van der Waals surface area contributed by atoms with Crippen LogP contribution in [0.15, 0.2) is 35.3 Å². The molecule has 0 heterocycles. The summed E-state index contributed by atoms with van der Waals surface area (Å²) in [5.74, 6) is 0. The van der Waals surface area contributed by atoms with Crippen LogP contribution in [0.25, 0.3) is 0 Å². The van der Waals surface area contributed by atoms with Gasteiger partial charge >= 0.3 is 0 Å². The highest BCUT2D eigenvalue weighted by atomic mass is 16.1. The number of rotatable bonds is 3. The maximum absolute atomic E-state index is 10.3. The second kappa shape index (κ2) is 4.01. The van der Waals surface area contributed by atoms with Crippen LogP contribution in [0, 0.1) is 0 Å². The van der Waals surface area contributed by atoms with Crippen molar-refractivity contribution in [3.8, 4) is 0 Å². The van der Waals surface area contributed by atoms with E-state index in [2.05, 4.69) is 4.99 Å². The molecule has 0 amide bonds. The lowest BCUT2D eigenvalue weighted by Gasteiger charge is -2.21. The fourth-order valence-electron chi connectivity index (χ4n) is 1.25. The summed E-state index contributed by atoms with van der Waals surface area (Å²) in [5.41, 5.74) is 0.643. The molecule has 0 bridgehead atoms. The van der Waals surface area contributed by atoms with Gasteiger partial charge in [-0.15, -0.1) is 0 Å². The lowest BCUT2D eigenvalue weighted by molar-refractivity contribution is 0.469. The molecule has 1 rings (SSSR count). The summed E-state index contributed by atoms with van der Waals surface area (Å²) < 4.78 is 0. The highest BCUT2D eigenvalue weighted by molar-refractivity contribution is 5.37. The van der Waals surface area contributed by atoms with Gasteiger partial charge in [0.15, 0.2) is 0 Å². The average Bonchev–Trinajstić information content (AvgIpc) is 2.19. The van der Waals surface area contributed by atoms with Crippen LogP contribution >= 0.6 is 0 Å². The van der Waals surface area contributed by atoms with E-state index in [1.54, 1.807) is 6.08 Å². The van der Waals surface area contributed by atoms with Crippen LogP contribution in [0.3, 0.4) is 0 Å². The van der Waals surface area contributed by atoms with E-state index in [1.165, 1.54) is 0 Å². The molecular formula is C11H13NO. The van der Waals surface area contributed by atoms with Gasteiger partial charge in [-0.2, -0.15) is 4.99 Å². The Balaban J connectivity index is 3.10. The average molecular weight is 175 g/mol. The van der Waals surface area contributed by atoms with Crippen LogP contribution in [-0.4, -0.2) is 6.08 Å². The summed E-state index contributed by atoms with van der Waals surface area (Å²) in [6, 6.07) is 9.80. The van der Waals surface area contributed by atoms with Crippen molar-refractivity contribution < 1.29 is 4.79 Å². The van der Waals surface area contributed by atoms with Gasteiger partial charge in [-0.3, -0.25) is 0 Å². The predicted octanol–water partition coefficient (Wildman–Crippen LogP) is 2.65. The second-order valence-corrected chi connectivity index (χ2v) is 3.20. The Morgan fingerprint density at radius 3 is 2.46 bits per heavy atom. The highest BCUT2D eigenvalue weighted by Crippen LogP contribution is 2.27. The molecule has 1 aromatic rings. The van der Waals surface area contributed by atoms with Gasteiger partial charge in [-0.25, -0.2) is 4.79 Å². The van der Waals surface area contributed by atoms with Crippen LogP contribution < -0.4 is 0 Å². The molecule has 0 aromatic heterocycles. The van der Waals surface area contributed by atoms with Gasteiger partial charge in [0.1, 0.15) is 0 Å². The molecule has 13 heavy (non-hydrogen) atoms. The third-order valence-electron chi connectivity index (χ3n) is 2.38. The van der Waals surface area contributed by atoms with Crippen LogP contribution in [0.2, 0.25) is 0 Å². The van der Waals surface area contributed by atoms with Crippen molar-refractivity contribution in [1.29, 1.82) is 0 Å². The van der Waals surface area contributed by atoms with E-state index in [-0.39, 0.29) is 0 Å². The van der Waals surface area contributed by atoms with E-state index in [0.29, 0.717) is 0 Å². The summed E-state index contributed by atoms with van der Waals surface area (Å²) in [6.07, 6.45) is 2.43. The molecule has 0 radical (unpaired) electrons. The van der Waals surface area contributed by atoms with Gasteiger partial charge in [0.25, 0.3) is 0 Å². The Labute approximate surface area is 78.3 Å². The molecule has 1 aromatic carbocycles. The third-order valence-corrected chi connectivity index (χ3v) is 2.38. The highest BCUT2D eigenvalue weighted by Gasteiger charge is 2.22. The first-order chi connectivity index (χ1) is 6.23. The summed E-state index contributed by atoms with van der Waals surface area (Å²) in [6.45, 7) is 3.95. The molecule has 0 fully saturated rings. The first kappa shape index (κ1) is 9.69. The monoisotopic (exact) mass is 175 g/mol. The van der Waals surface area contributed by atoms with Gasteiger partial charge in [-0.05, 0) is 18.9 Å². The Morgan fingerprint density at radius 1 is 1.38 bits per heavy atom. The standard InChI is InChI=1S/C11H13NO/c1-3-11(2,12-9-13)10-7-5-4-6-8-10/h4-8H,3H2,1-2H3. The van der Waals surface area contributed by atoms with Crippen LogP contribution in [0.4, 0.5) is 0 Å². The van der Waals surface area contributed by atoms with Crippen LogP contribution in [0.5, 0.6) is 0 Å². The zero-order valence-electron chi connectivity index (χ0n) is 7.95. The minimum absolute atomic E-state index is 0.414. The third kappa shape index (κ3) is 2.04. The fourth-order valence-corrected chi connectivity index (χ4v) is 1.25. The van der Waals surface area contributed by atoms with Gasteiger partial charge in [0, 0.05) is 0 Å². The minimum Gasteiger partial charge on any atom is -0.211 e. The first-order valence-electron chi connectivity index (χ1n) is 4.37. The number of hydrogen-bond acceptors (Lipinski definition) is 2. The zero-order chi connectivity index (χ0) is 9.73. The number of nitrogens with zero attached hydrogens (tertiary/aromatic N) is 1. The van der Waals surface area contributed by atoms with E-state index in [0.717, 1.165) is 12.0 Å². The van der Waals surface area contributed by atoms with Gasteiger partial charge < -0.3 is 0 Å². The topological polar surface area (TPSA) is 29.4 Å². The Morgan fingerprint density at radius 2 is 2.00 bits per heavy atom. The number of aliphatic imine (C=N–C) groups is 1. The number of carbonyl (C=O) groups excluding carboxylic acids is 1. The molecule has 0 aliphatic carbocycles. The number of isocyanates is 1. The molecule has 1 unspecified atom stereocenters. The normalized spacial score (nSPS) is 14.3. The summed E-state index contributed by atoms with van der Waals surface area (Å²) >= 11 is 0. The Kier molecular flexibility index (Phi) is 2.99. The SMILES string of the molecule is CCC(C)(N=C=O)c1ccccc1. The first-order valence-corrected chi connectivity index (χ1v) is 4.37. The molecule has 0 saturated heterocycles. The van der Waals surface area contributed by atoms with Gasteiger partial charge in [0.2, 0.25) is 6.08 Å². The van der Waals surface area contributed by atoms with Crippen molar-refractivity contribution in [2.24, 2.45) is 4.99 Å². The molecule has 2 nitrogen and oxygen atoms in total. The van der Waals surface area contributed by atoms with E-state index < -0.39 is 5.54 Å². The summed E-state index contributed by atoms with van der Waals surface area (Å²) in [7, 11) is 0. The lowest BCUT2D eigenvalue weighted by Crippen LogP contribution is -2.17. The number of hydrogen-bond donors (Lipinski definition) is 0. The quantitative estimate of drug-likeness (QED) is 0.513. The van der Waals surface area contributed by atoms with E-state index in [9.17, 15) is 4.79 Å². The molecule has 2 heteroatoms. The predicted molar refractivity (Wildman–Crippen MR) is 52.2 cm³/mol. The molecule has 0 N–H and O–H groups in total. The summed E-state index contributed by atoms with van der Waals surface area (Å²) in [5, 5.41) is 0. The molecule has 0 spiro atoms. The molecule has 1 atom stereocenters. The maximum atomic E-state index is 10.3. The van der Waals surface area contributed by atoms with Crippen molar-refractivity contribution in [1.82, 2.24) is 0 Å². The van der Waals surface area contributed by atoms with Crippen molar-refractivity contribution in [3.63, 3.8) is 0 Å². The second-order valence-electron chi connectivity index (χ2n) is 3.20. The minimum atomic E-state index is -0.414. The van der Waals surface area contributed by atoms with Crippen molar-refractivity contribution in [2.45, 2.75) is 25.8 Å². The Bertz CT molecular complexity index is 314. The molecule has 0 aliphatic rings. The van der Waals surface area contributed by atoms with Gasteiger partial charge in [-0.1, -0.05) is 37.3 Å². The van der Waals surface area contributed by atoms with Crippen LogP contribution in [-0.2, 0) is 10.3 Å². The fraction of sp³-hybridized carbons (Fsp3) is 0.364. The van der Waals surface area contributed by atoms with Crippen molar-refractivity contribution in [2.75, 3.05) is 0 Å². The van der Waals surface area contributed by atoms with Crippen molar-refractivity contribution >= 4 is 6.08 Å². The molecule has 0 aliphatic heterocycles. The molecule has 0 saturated carbocycles. The lowest BCUT2D eigenvalue weighted by atomic mass is 9.90. The Hall–Kier alpha value is -1.40. The van der Waals surface area contributed by atoms with Crippen LogP contribution in [0.1, 0.15) is 25.8 Å². The van der Waals surface area contributed by atoms with E-state index >= 15 is 0 Å². The largest absolute Gasteiger partial charge is 0.235 e. The smallest absolute Gasteiger partial charge is 0.211 e. The molecular weight excluding hydrogens is 162 g/mol. The van der Waals surface area contributed by atoms with E-state index in [1.807, 2.05) is 44.2 Å². The maximum Gasteiger partial charge on any atom is 0.235 e. The van der Waals surface area contributed by atoms with Gasteiger partial charge in [0.05, 0.1) is 5.54 Å². The summed E-state index contributed by atoms with van der Waals surface area (Å²) in [4.78, 5) is 14.1. The zero-order valence-corrected chi connectivity index (χ0v) is 7.95. The van der Waals surface area contributed by atoms with Crippen molar-refractivity contribution in [3.05, 3.63) is 35.9 Å². The van der Waals surface area contributed by atoms with E-state index in [4.69, 9.17) is 0 Å².